The summed E-state index contributed by atoms with van der Waals surface area (Å²) < 4.78 is 5.74. The molecule has 4 rings (SSSR count). The van der Waals surface area contributed by atoms with Gasteiger partial charge in [0.15, 0.2) is 0 Å². The molecule has 0 saturated carbocycles. The third-order valence-corrected chi connectivity index (χ3v) is 6.33. The quantitative estimate of drug-likeness (QED) is 0.604. The van der Waals surface area contributed by atoms with Gasteiger partial charge in [-0.15, -0.1) is 23.1 Å². The first kappa shape index (κ1) is 18.1. The summed E-state index contributed by atoms with van der Waals surface area (Å²) in [7, 11) is 0. The number of carbonyl (C=O) groups excluding carboxylic acids is 1. The van der Waals surface area contributed by atoms with Crippen molar-refractivity contribution in [1.29, 1.82) is 0 Å². The molecule has 4 nitrogen and oxygen atoms in total. The number of thioether (sulfide) groups is 1. The van der Waals surface area contributed by atoms with E-state index in [4.69, 9.17) is 4.74 Å². The highest BCUT2D eigenvalue weighted by Crippen LogP contribution is 2.37. The first-order valence-corrected chi connectivity index (χ1v) is 10.7. The van der Waals surface area contributed by atoms with Crippen molar-refractivity contribution in [2.24, 2.45) is 0 Å². The highest BCUT2D eigenvalue weighted by molar-refractivity contribution is 8.00. The smallest absolute Gasteiger partial charge is 0.258 e. The van der Waals surface area contributed by atoms with Gasteiger partial charge in [-0.3, -0.25) is 4.79 Å². The van der Waals surface area contributed by atoms with Gasteiger partial charge in [-0.1, -0.05) is 19.1 Å². The molecule has 0 radical (unpaired) electrons. The van der Waals surface area contributed by atoms with Gasteiger partial charge >= 0.3 is 0 Å². The third-order valence-electron chi connectivity index (χ3n) is 4.46. The predicted molar refractivity (Wildman–Crippen MR) is 111 cm³/mol. The average Bonchev–Trinajstić information content (AvgIpc) is 3.15. The van der Waals surface area contributed by atoms with Gasteiger partial charge in [0.05, 0.1) is 16.9 Å². The first-order valence-electron chi connectivity index (χ1n) is 8.88. The molecule has 0 N–H and O–H groups in total. The number of para-hydroxylation sites is 1. The lowest BCUT2D eigenvalue weighted by Crippen LogP contribution is -2.32. The molecule has 1 unspecified atom stereocenters. The summed E-state index contributed by atoms with van der Waals surface area (Å²) in [5, 5.41) is 2.46. The van der Waals surface area contributed by atoms with Gasteiger partial charge in [-0.2, -0.15) is 0 Å². The number of ether oxygens (including phenoxy) is 1. The zero-order chi connectivity index (χ0) is 18.6. The summed E-state index contributed by atoms with van der Waals surface area (Å²) in [5.41, 5.74) is 4.37. The van der Waals surface area contributed by atoms with Crippen LogP contribution in [-0.2, 0) is 6.61 Å². The number of nitrogens with zero attached hydrogens (tertiary/aromatic N) is 2. The molecule has 0 fully saturated rings. The van der Waals surface area contributed by atoms with E-state index in [0.29, 0.717) is 17.4 Å². The number of anilines is 1. The lowest BCUT2D eigenvalue weighted by Gasteiger charge is -2.22. The Morgan fingerprint density at radius 2 is 2.04 bits per heavy atom. The molecule has 3 aromatic rings. The van der Waals surface area contributed by atoms with Gasteiger partial charge in [0, 0.05) is 27.6 Å². The van der Waals surface area contributed by atoms with E-state index in [1.165, 1.54) is 4.90 Å². The second-order valence-corrected chi connectivity index (χ2v) is 8.63. The molecule has 0 aliphatic carbocycles. The summed E-state index contributed by atoms with van der Waals surface area (Å²) in [4.78, 5) is 20.4. The molecule has 0 spiro atoms. The summed E-state index contributed by atoms with van der Waals surface area (Å²) >= 11 is 3.39. The minimum absolute atomic E-state index is 0.0307. The normalized spacial score (nSPS) is 16.5. The third kappa shape index (κ3) is 4.17. The van der Waals surface area contributed by atoms with Gasteiger partial charge in [-0.25, -0.2) is 4.98 Å². The van der Waals surface area contributed by atoms with Crippen LogP contribution < -0.4 is 9.64 Å². The Hall–Kier alpha value is -2.31. The number of aromatic nitrogens is 1. The molecule has 0 bridgehead atoms. The molecule has 1 aliphatic heterocycles. The van der Waals surface area contributed by atoms with E-state index >= 15 is 0 Å². The molecular weight excluding hydrogens is 376 g/mol. The zero-order valence-corrected chi connectivity index (χ0v) is 16.6. The fourth-order valence-electron chi connectivity index (χ4n) is 3.01. The molecule has 1 aliphatic rings. The average molecular weight is 397 g/mol. The molecule has 0 saturated heterocycles. The van der Waals surface area contributed by atoms with E-state index in [1.807, 2.05) is 64.5 Å². The van der Waals surface area contributed by atoms with Crippen molar-refractivity contribution in [2.45, 2.75) is 30.1 Å². The lowest BCUT2D eigenvalue weighted by atomic mass is 10.1. The van der Waals surface area contributed by atoms with Gasteiger partial charge in [0.2, 0.25) is 0 Å². The SMILES string of the molecule is CC1CCN(C(=O)c2ccc(OCc3cscn3)cc2)c2ccccc2S1. The molecule has 2 aromatic carbocycles. The topological polar surface area (TPSA) is 42.4 Å². The van der Waals surface area contributed by atoms with Crippen LogP contribution in [0.15, 0.2) is 64.3 Å². The lowest BCUT2D eigenvalue weighted by molar-refractivity contribution is 0.0986. The van der Waals surface area contributed by atoms with Crippen LogP contribution >= 0.6 is 23.1 Å². The van der Waals surface area contributed by atoms with Crippen LogP contribution in [0.3, 0.4) is 0 Å². The van der Waals surface area contributed by atoms with Crippen molar-refractivity contribution in [3.05, 3.63) is 70.7 Å². The van der Waals surface area contributed by atoms with E-state index in [1.54, 1.807) is 16.8 Å². The van der Waals surface area contributed by atoms with Gasteiger partial charge < -0.3 is 9.64 Å². The maximum Gasteiger partial charge on any atom is 0.258 e. The Balaban J connectivity index is 1.50. The van der Waals surface area contributed by atoms with Gasteiger partial charge in [0.1, 0.15) is 12.4 Å². The Labute approximate surface area is 167 Å². The van der Waals surface area contributed by atoms with Crippen molar-refractivity contribution in [1.82, 2.24) is 4.98 Å². The largest absolute Gasteiger partial charge is 0.487 e. The molecule has 2 heterocycles. The maximum atomic E-state index is 13.1. The number of thiazole rings is 1. The van der Waals surface area contributed by atoms with E-state index in [-0.39, 0.29) is 5.91 Å². The van der Waals surface area contributed by atoms with Crippen molar-refractivity contribution >= 4 is 34.7 Å². The zero-order valence-electron chi connectivity index (χ0n) is 15.0. The minimum atomic E-state index is 0.0307. The minimum Gasteiger partial charge on any atom is -0.487 e. The fraction of sp³-hybridized carbons (Fsp3) is 0.238. The van der Waals surface area contributed by atoms with Crippen LogP contribution in [0.2, 0.25) is 0 Å². The number of hydrogen-bond acceptors (Lipinski definition) is 5. The van der Waals surface area contributed by atoms with Crippen molar-refractivity contribution in [3.8, 4) is 5.75 Å². The summed E-state index contributed by atoms with van der Waals surface area (Å²) in [6.45, 7) is 3.38. The van der Waals surface area contributed by atoms with Crippen LogP contribution in [0.4, 0.5) is 5.69 Å². The number of fused-ring (bicyclic) bond motifs is 1. The second-order valence-electron chi connectivity index (χ2n) is 6.43. The number of hydrogen-bond donors (Lipinski definition) is 0. The van der Waals surface area contributed by atoms with E-state index in [0.717, 1.165) is 30.1 Å². The molecule has 1 atom stereocenters. The molecule has 27 heavy (non-hydrogen) atoms. The number of carbonyl (C=O) groups is 1. The maximum absolute atomic E-state index is 13.1. The Bertz CT molecular complexity index is 910. The number of amides is 1. The second kappa shape index (κ2) is 8.15. The summed E-state index contributed by atoms with van der Waals surface area (Å²) in [6.07, 6.45) is 0.972. The number of benzene rings is 2. The number of rotatable bonds is 4. The Morgan fingerprint density at radius 1 is 1.22 bits per heavy atom. The summed E-state index contributed by atoms with van der Waals surface area (Å²) in [5.74, 6) is 0.767. The molecular formula is C21H20N2O2S2. The Kier molecular flexibility index (Phi) is 5.45. The van der Waals surface area contributed by atoms with E-state index in [9.17, 15) is 4.79 Å². The van der Waals surface area contributed by atoms with Crippen LogP contribution in [0, 0.1) is 0 Å². The summed E-state index contributed by atoms with van der Waals surface area (Å²) in [6, 6.07) is 15.5. The van der Waals surface area contributed by atoms with Crippen LogP contribution in [0.1, 0.15) is 29.4 Å². The van der Waals surface area contributed by atoms with Gasteiger partial charge in [-0.05, 0) is 42.8 Å². The predicted octanol–water partition coefficient (Wildman–Crippen LogP) is 5.25. The fourth-order valence-corrected chi connectivity index (χ4v) is 4.67. The van der Waals surface area contributed by atoms with Crippen molar-refractivity contribution in [3.63, 3.8) is 0 Å². The van der Waals surface area contributed by atoms with Crippen molar-refractivity contribution < 1.29 is 9.53 Å². The monoisotopic (exact) mass is 396 g/mol. The highest BCUT2D eigenvalue weighted by Gasteiger charge is 2.24. The first-order chi connectivity index (χ1) is 13.2. The standard InChI is InChI=1S/C21H20N2O2S2/c1-15-10-11-23(19-4-2-3-5-20(19)27-15)21(24)16-6-8-18(9-7-16)25-12-17-13-26-14-22-17/h2-9,13-15H,10-12H2,1H3. The molecule has 1 amide bonds. The molecule has 1 aromatic heterocycles. The van der Waals surface area contributed by atoms with Crippen LogP contribution in [0.5, 0.6) is 5.75 Å². The van der Waals surface area contributed by atoms with Crippen LogP contribution in [0.25, 0.3) is 0 Å². The van der Waals surface area contributed by atoms with Gasteiger partial charge in [0.25, 0.3) is 5.91 Å². The highest BCUT2D eigenvalue weighted by atomic mass is 32.2. The van der Waals surface area contributed by atoms with Crippen molar-refractivity contribution in [2.75, 3.05) is 11.4 Å². The van der Waals surface area contributed by atoms with E-state index < -0.39 is 0 Å². The molecule has 6 heteroatoms. The van der Waals surface area contributed by atoms with E-state index in [2.05, 4.69) is 18.0 Å². The molecule has 138 valence electrons. The van der Waals surface area contributed by atoms with Crippen LogP contribution in [-0.4, -0.2) is 22.7 Å². The Morgan fingerprint density at radius 3 is 2.81 bits per heavy atom.